The number of aryl methyl sites for hydroxylation is 2. The highest BCUT2D eigenvalue weighted by molar-refractivity contribution is 7.89. The fraction of sp³-hybridized carbons (Fsp3) is 0.571. The molecule has 0 saturated heterocycles. The highest BCUT2D eigenvalue weighted by Gasteiger charge is 2.17. The van der Waals surface area contributed by atoms with Gasteiger partial charge in [-0.3, -0.25) is 0 Å². The van der Waals surface area contributed by atoms with Gasteiger partial charge >= 0.3 is 0 Å². The van der Waals surface area contributed by atoms with Gasteiger partial charge in [0, 0.05) is 12.6 Å². The van der Waals surface area contributed by atoms with Crippen LogP contribution < -0.4 is 10.5 Å². The molecule has 5 heteroatoms. The number of rotatable bonds is 6. The van der Waals surface area contributed by atoms with Crippen molar-refractivity contribution in [1.82, 2.24) is 4.72 Å². The zero-order valence-electron chi connectivity index (χ0n) is 11.4. The van der Waals surface area contributed by atoms with Crippen molar-refractivity contribution in [3.8, 4) is 0 Å². The molecule has 19 heavy (non-hydrogen) atoms. The molecule has 0 bridgehead atoms. The van der Waals surface area contributed by atoms with Gasteiger partial charge in [-0.2, -0.15) is 0 Å². The van der Waals surface area contributed by atoms with Crippen LogP contribution in [0.4, 0.5) is 0 Å². The summed E-state index contributed by atoms with van der Waals surface area (Å²) in [6.07, 6.45) is 4.77. The Balaban J connectivity index is 1.99. The Morgan fingerprint density at radius 2 is 2.05 bits per heavy atom. The van der Waals surface area contributed by atoms with Gasteiger partial charge in [0.05, 0.1) is 4.90 Å². The molecule has 1 atom stereocenters. The van der Waals surface area contributed by atoms with Crippen LogP contribution in [0.2, 0.25) is 0 Å². The summed E-state index contributed by atoms with van der Waals surface area (Å²) in [5.74, 6) is 0. The van der Waals surface area contributed by atoms with Gasteiger partial charge in [0.25, 0.3) is 0 Å². The summed E-state index contributed by atoms with van der Waals surface area (Å²) < 4.78 is 26.9. The lowest BCUT2D eigenvalue weighted by molar-refractivity contribution is 0.568. The van der Waals surface area contributed by atoms with Crippen LogP contribution >= 0.6 is 0 Å². The maximum absolute atomic E-state index is 12.1. The molecule has 0 spiro atoms. The highest BCUT2D eigenvalue weighted by Crippen LogP contribution is 2.24. The number of hydrogen-bond donors (Lipinski definition) is 2. The van der Waals surface area contributed by atoms with Gasteiger partial charge in [-0.25, -0.2) is 13.1 Å². The van der Waals surface area contributed by atoms with E-state index < -0.39 is 10.0 Å². The van der Waals surface area contributed by atoms with E-state index >= 15 is 0 Å². The first kappa shape index (κ1) is 14.5. The van der Waals surface area contributed by atoms with Crippen molar-refractivity contribution >= 4 is 10.0 Å². The van der Waals surface area contributed by atoms with Crippen LogP contribution in [0, 0.1) is 0 Å². The van der Waals surface area contributed by atoms with Gasteiger partial charge in [-0.1, -0.05) is 6.07 Å². The topological polar surface area (TPSA) is 72.2 Å². The van der Waals surface area contributed by atoms with Crippen LogP contribution in [0.3, 0.4) is 0 Å². The van der Waals surface area contributed by atoms with Crippen molar-refractivity contribution in [2.45, 2.75) is 50.0 Å². The fourth-order valence-corrected chi connectivity index (χ4v) is 3.55. The first-order valence-electron chi connectivity index (χ1n) is 6.86. The Bertz CT molecular complexity index is 538. The Morgan fingerprint density at radius 3 is 2.79 bits per heavy atom. The van der Waals surface area contributed by atoms with Crippen LogP contribution in [0.25, 0.3) is 0 Å². The predicted molar refractivity (Wildman–Crippen MR) is 76.5 cm³/mol. The fourth-order valence-electron chi connectivity index (χ4n) is 2.43. The first-order chi connectivity index (χ1) is 8.99. The van der Waals surface area contributed by atoms with Crippen molar-refractivity contribution in [2.75, 3.05) is 6.54 Å². The third kappa shape index (κ3) is 3.78. The number of nitrogens with one attached hydrogen (secondary N) is 1. The SMILES string of the molecule is CC(N)CCCNS(=O)(=O)c1ccc2c(c1)CCC2. The molecule has 3 N–H and O–H groups in total. The maximum atomic E-state index is 12.1. The van der Waals surface area contributed by atoms with Gasteiger partial charge in [0.2, 0.25) is 10.0 Å². The molecule has 0 saturated carbocycles. The molecule has 1 unspecified atom stereocenters. The van der Waals surface area contributed by atoms with Crippen LogP contribution in [-0.4, -0.2) is 21.0 Å². The molecule has 0 amide bonds. The van der Waals surface area contributed by atoms with Gasteiger partial charge in [-0.15, -0.1) is 0 Å². The summed E-state index contributed by atoms with van der Waals surface area (Å²) in [5, 5.41) is 0. The largest absolute Gasteiger partial charge is 0.328 e. The lowest BCUT2D eigenvalue weighted by Crippen LogP contribution is -2.26. The van der Waals surface area contributed by atoms with E-state index in [9.17, 15) is 8.42 Å². The van der Waals surface area contributed by atoms with E-state index in [2.05, 4.69) is 4.72 Å². The normalized spacial score (nSPS) is 16.3. The Labute approximate surface area is 115 Å². The van der Waals surface area contributed by atoms with Gasteiger partial charge in [0.1, 0.15) is 0 Å². The molecule has 0 aromatic heterocycles. The minimum absolute atomic E-state index is 0.115. The number of hydrogen-bond acceptors (Lipinski definition) is 3. The number of nitrogens with two attached hydrogens (primary N) is 1. The average Bonchev–Trinajstić information content (AvgIpc) is 2.81. The summed E-state index contributed by atoms with van der Waals surface area (Å²) in [4.78, 5) is 0.383. The summed E-state index contributed by atoms with van der Waals surface area (Å²) in [5.41, 5.74) is 8.10. The molecule has 0 aliphatic heterocycles. The minimum Gasteiger partial charge on any atom is -0.328 e. The Morgan fingerprint density at radius 1 is 1.32 bits per heavy atom. The summed E-state index contributed by atoms with van der Waals surface area (Å²) in [6.45, 7) is 2.37. The van der Waals surface area contributed by atoms with Crippen LogP contribution in [0.15, 0.2) is 23.1 Å². The molecule has 1 aliphatic rings. The highest BCUT2D eigenvalue weighted by atomic mass is 32.2. The quantitative estimate of drug-likeness (QED) is 0.778. The molecule has 1 aromatic rings. The zero-order valence-corrected chi connectivity index (χ0v) is 12.2. The molecule has 106 valence electrons. The molecule has 4 nitrogen and oxygen atoms in total. The summed E-state index contributed by atoms with van der Waals surface area (Å²) >= 11 is 0. The smallest absolute Gasteiger partial charge is 0.240 e. The van der Waals surface area contributed by atoms with E-state index in [0.29, 0.717) is 11.4 Å². The second kappa shape index (κ2) is 6.03. The Hall–Kier alpha value is -0.910. The van der Waals surface area contributed by atoms with E-state index in [4.69, 9.17) is 5.73 Å². The maximum Gasteiger partial charge on any atom is 0.240 e. The van der Waals surface area contributed by atoms with Crippen LogP contribution in [0.1, 0.15) is 37.3 Å². The Kier molecular flexibility index (Phi) is 4.60. The van der Waals surface area contributed by atoms with Gasteiger partial charge in [0.15, 0.2) is 0 Å². The van der Waals surface area contributed by atoms with Gasteiger partial charge < -0.3 is 5.73 Å². The molecule has 0 heterocycles. The molecular formula is C14H22N2O2S. The van der Waals surface area contributed by atoms with E-state index in [1.165, 1.54) is 11.1 Å². The van der Waals surface area contributed by atoms with Crippen LogP contribution in [-0.2, 0) is 22.9 Å². The number of fused-ring (bicyclic) bond motifs is 1. The third-order valence-electron chi connectivity index (χ3n) is 3.51. The molecule has 2 rings (SSSR count). The molecule has 0 radical (unpaired) electrons. The minimum atomic E-state index is -3.37. The molecule has 1 aliphatic carbocycles. The van der Waals surface area contributed by atoms with Gasteiger partial charge in [-0.05, 0) is 62.3 Å². The second-order valence-electron chi connectivity index (χ2n) is 5.30. The number of benzene rings is 1. The van der Waals surface area contributed by atoms with E-state index in [0.717, 1.165) is 32.1 Å². The zero-order chi connectivity index (χ0) is 13.9. The standard InChI is InChI=1S/C14H22N2O2S/c1-11(15)4-3-9-16-19(17,18)14-8-7-12-5-2-6-13(12)10-14/h7-8,10-11,16H,2-6,9,15H2,1H3. The lowest BCUT2D eigenvalue weighted by atomic mass is 10.1. The average molecular weight is 282 g/mol. The van der Waals surface area contributed by atoms with Crippen molar-refractivity contribution in [3.05, 3.63) is 29.3 Å². The predicted octanol–water partition coefficient (Wildman–Crippen LogP) is 1.58. The molecule has 0 fully saturated rings. The molecular weight excluding hydrogens is 260 g/mol. The lowest BCUT2D eigenvalue weighted by Gasteiger charge is -2.09. The summed E-state index contributed by atoms with van der Waals surface area (Å²) in [6, 6.07) is 5.58. The monoisotopic (exact) mass is 282 g/mol. The van der Waals surface area contributed by atoms with Crippen molar-refractivity contribution in [1.29, 1.82) is 0 Å². The second-order valence-corrected chi connectivity index (χ2v) is 7.07. The van der Waals surface area contributed by atoms with E-state index in [-0.39, 0.29) is 6.04 Å². The van der Waals surface area contributed by atoms with E-state index in [1.54, 1.807) is 6.07 Å². The van der Waals surface area contributed by atoms with Crippen LogP contribution in [0.5, 0.6) is 0 Å². The van der Waals surface area contributed by atoms with Crippen molar-refractivity contribution < 1.29 is 8.42 Å². The first-order valence-corrected chi connectivity index (χ1v) is 8.34. The van der Waals surface area contributed by atoms with Crippen molar-refractivity contribution in [2.24, 2.45) is 5.73 Å². The molecule has 1 aromatic carbocycles. The van der Waals surface area contributed by atoms with Crippen molar-refractivity contribution in [3.63, 3.8) is 0 Å². The third-order valence-corrected chi connectivity index (χ3v) is 4.97. The summed E-state index contributed by atoms with van der Waals surface area (Å²) in [7, 11) is -3.37. The number of sulfonamides is 1. The van der Waals surface area contributed by atoms with E-state index in [1.807, 2.05) is 19.1 Å².